The molecule has 0 radical (unpaired) electrons. The summed E-state index contributed by atoms with van der Waals surface area (Å²) in [4.78, 5) is 16.5. The number of nitrogens with one attached hydrogen (secondary N) is 1. The number of amides is 1. The maximum absolute atomic E-state index is 13.2. The molecule has 1 amide bonds. The van der Waals surface area contributed by atoms with E-state index < -0.39 is 9.85 Å². The number of hydrogen-bond donors (Lipinski definition) is 1. The summed E-state index contributed by atoms with van der Waals surface area (Å²) in [5.41, 5.74) is 1.20. The van der Waals surface area contributed by atoms with E-state index in [1.165, 1.54) is 12.3 Å². The number of halogens is 3. The minimum Gasteiger partial charge on any atom is -0.351 e. The van der Waals surface area contributed by atoms with E-state index in [0.29, 0.717) is 5.56 Å². The van der Waals surface area contributed by atoms with Crippen LogP contribution in [-0.4, -0.2) is 21.4 Å². The zero-order valence-corrected chi connectivity index (χ0v) is 16.3. The molecule has 1 atom stereocenters. The number of carbonyl (C=O) groups excluding carboxylic acids is 1. The summed E-state index contributed by atoms with van der Waals surface area (Å²) in [5.74, 6) is -0.794. The molecule has 3 nitrogen and oxygen atoms in total. The molecule has 1 aromatic heterocycles. The molecule has 0 saturated heterocycles. The minimum atomic E-state index is -2.82. The molecule has 1 N–H and O–H groups in total. The van der Waals surface area contributed by atoms with Crippen molar-refractivity contribution in [1.29, 1.82) is 0 Å². The second-order valence-electron chi connectivity index (χ2n) is 6.59. The fourth-order valence-electron chi connectivity index (χ4n) is 2.04. The van der Waals surface area contributed by atoms with Gasteiger partial charge in [-0.2, -0.15) is 8.78 Å². The van der Waals surface area contributed by atoms with Gasteiger partial charge in [-0.05, 0) is 34.7 Å². The third-order valence-electron chi connectivity index (χ3n) is 3.33. The highest BCUT2D eigenvalue weighted by atomic mass is 127. The molecule has 0 bridgehead atoms. The average molecular weight is 448 g/mol. The predicted molar refractivity (Wildman–Crippen MR) is 102 cm³/mol. The number of allylic oxidation sites excluding steroid dienone is 2. The molecule has 1 aromatic rings. The van der Waals surface area contributed by atoms with Gasteiger partial charge in [0.25, 0.3) is 9.84 Å². The lowest BCUT2D eigenvalue weighted by molar-refractivity contribution is 0.0901. The van der Waals surface area contributed by atoms with Gasteiger partial charge in [-0.3, -0.25) is 9.78 Å². The van der Waals surface area contributed by atoms with Crippen LogP contribution in [0.15, 0.2) is 43.1 Å². The van der Waals surface area contributed by atoms with Crippen molar-refractivity contribution in [3.05, 3.63) is 54.4 Å². The van der Waals surface area contributed by atoms with Crippen molar-refractivity contribution in [2.75, 3.05) is 6.54 Å². The maximum atomic E-state index is 13.2. The van der Waals surface area contributed by atoms with Crippen molar-refractivity contribution in [3.8, 4) is 0 Å². The zero-order chi connectivity index (χ0) is 18.4. The van der Waals surface area contributed by atoms with Crippen molar-refractivity contribution in [1.82, 2.24) is 10.3 Å². The summed E-state index contributed by atoms with van der Waals surface area (Å²) in [6.45, 7) is 9.77. The molecule has 0 aliphatic heterocycles. The van der Waals surface area contributed by atoms with E-state index in [0.717, 1.165) is 28.3 Å². The Morgan fingerprint density at radius 1 is 1.42 bits per heavy atom. The topological polar surface area (TPSA) is 42.0 Å². The number of rotatable bonds is 7. The highest BCUT2D eigenvalue weighted by Crippen LogP contribution is 2.31. The number of hydrogen-bond acceptors (Lipinski definition) is 2. The van der Waals surface area contributed by atoms with E-state index >= 15 is 0 Å². The summed E-state index contributed by atoms with van der Waals surface area (Å²) >= 11 is 1.11. The molecule has 0 aliphatic rings. The second-order valence-corrected chi connectivity index (χ2v) is 8.17. The van der Waals surface area contributed by atoms with Gasteiger partial charge in [-0.25, -0.2) is 0 Å². The standard InChI is InChI=1S/C18H23F2IN2O/c1-5-6-7-13(10-18(19,20)21)11-23-16(24)14-8-9-15(22-12-14)17(2,3)4/h5-9,12-13H,1,10-11H2,2-4H3,(H,23,24)/b7-6-. The summed E-state index contributed by atoms with van der Waals surface area (Å²) in [7, 11) is 0. The van der Waals surface area contributed by atoms with Crippen LogP contribution in [0, 0.1) is 5.92 Å². The van der Waals surface area contributed by atoms with Crippen molar-refractivity contribution >= 4 is 28.5 Å². The Labute approximate surface area is 155 Å². The molecule has 6 heteroatoms. The Balaban J connectivity index is 2.71. The average Bonchev–Trinajstić information content (AvgIpc) is 2.47. The van der Waals surface area contributed by atoms with Gasteiger partial charge in [0.05, 0.1) is 5.56 Å². The molecule has 0 spiro atoms. The minimum absolute atomic E-state index is 0.0958. The fraction of sp³-hybridized carbons (Fsp3) is 0.444. The van der Waals surface area contributed by atoms with Crippen LogP contribution < -0.4 is 5.32 Å². The molecule has 1 heterocycles. The van der Waals surface area contributed by atoms with Gasteiger partial charge in [-0.15, -0.1) is 0 Å². The summed E-state index contributed by atoms with van der Waals surface area (Å²) in [6, 6.07) is 3.51. The van der Waals surface area contributed by atoms with Gasteiger partial charge in [0.15, 0.2) is 0 Å². The molecule has 1 unspecified atom stereocenters. The first-order chi connectivity index (χ1) is 11.0. The molecule has 0 aromatic carbocycles. The molecule has 0 fully saturated rings. The van der Waals surface area contributed by atoms with Crippen LogP contribution in [0.25, 0.3) is 0 Å². The van der Waals surface area contributed by atoms with Crippen LogP contribution in [0.3, 0.4) is 0 Å². The molecule has 1 rings (SSSR count). The van der Waals surface area contributed by atoms with Gasteiger partial charge in [0, 0.05) is 36.2 Å². The fourth-order valence-corrected chi connectivity index (χ4v) is 2.60. The normalized spacial score (nSPS) is 13.8. The highest BCUT2D eigenvalue weighted by molar-refractivity contribution is 14.1. The van der Waals surface area contributed by atoms with E-state index in [1.807, 2.05) is 26.8 Å². The molecule has 0 saturated carbocycles. The Kier molecular flexibility index (Phi) is 7.51. The SMILES string of the molecule is C=C/C=C\C(CNC(=O)c1ccc(C(C)(C)C)nc1)CC(F)(F)I. The first-order valence-corrected chi connectivity index (χ1v) is 8.71. The molecule has 0 aliphatic carbocycles. The summed E-state index contributed by atoms with van der Waals surface area (Å²) in [6.07, 6.45) is 5.92. The third kappa shape index (κ3) is 7.51. The van der Waals surface area contributed by atoms with Crippen LogP contribution >= 0.6 is 22.6 Å². The molecule has 132 valence electrons. The van der Waals surface area contributed by atoms with E-state index in [1.54, 1.807) is 18.2 Å². The van der Waals surface area contributed by atoms with Crippen molar-refractivity contribution in [3.63, 3.8) is 0 Å². The maximum Gasteiger partial charge on any atom is 0.297 e. The van der Waals surface area contributed by atoms with Gasteiger partial charge >= 0.3 is 0 Å². The van der Waals surface area contributed by atoms with Crippen molar-refractivity contribution in [2.45, 2.75) is 36.5 Å². The van der Waals surface area contributed by atoms with Crippen LogP contribution in [0.4, 0.5) is 8.78 Å². The van der Waals surface area contributed by atoms with Gasteiger partial charge in [0.2, 0.25) is 0 Å². The predicted octanol–water partition coefficient (Wildman–Crippen LogP) is 4.89. The Morgan fingerprint density at radius 2 is 2.08 bits per heavy atom. The van der Waals surface area contributed by atoms with Crippen LogP contribution in [0.2, 0.25) is 0 Å². The zero-order valence-electron chi connectivity index (χ0n) is 14.2. The van der Waals surface area contributed by atoms with E-state index in [9.17, 15) is 13.6 Å². The van der Waals surface area contributed by atoms with E-state index in [-0.39, 0.29) is 24.3 Å². The van der Waals surface area contributed by atoms with E-state index in [2.05, 4.69) is 16.9 Å². The van der Waals surface area contributed by atoms with Crippen molar-refractivity contribution < 1.29 is 13.6 Å². The lowest BCUT2D eigenvalue weighted by atomic mass is 9.91. The van der Waals surface area contributed by atoms with E-state index in [4.69, 9.17) is 0 Å². The lowest BCUT2D eigenvalue weighted by Gasteiger charge is -2.18. The number of nitrogens with zero attached hydrogens (tertiary/aromatic N) is 1. The summed E-state index contributed by atoms with van der Waals surface area (Å²) < 4.78 is 23.6. The number of carbonyl (C=O) groups is 1. The quantitative estimate of drug-likeness (QED) is 0.367. The smallest absolute Gasteiger partial charge is 0.297 e. The summed E-state index contributed by atoms with van der Waals surface area (Å²) in [5, 5.41) is 2.69. The third-order valence-corrected chi connectivity index (χ3v) is 3.77. The van der Waals surface area contributed by atoms with Crippen LogP contribution in [0.1, 0.15) is 43.2 Å². The first-order valence-electron chi connectivity index (χ1n) is 7.63. The Morgan fingerprint density at radius 3 is 2.54 bits per heavy atom. The number of pyridine rings is 1. The second kappa shape index (κ2) is 8.69. The van der Waals surface area contributed by atoms with Crippen LogP contribution in [0.5, 0.6) is 0 Å². The van der Waals surface area contributed by atoms with Gasteiger partial charge in [-0.1, -0.05) is 45.6 Å². The Bertz CT molecular complexity index is 587. The molecule has 24 heavy (non-hydrogen) atoms. The first kappa shape index (κ1) is 20.7. The Hall–Kier alpha value is -1.31. The molecular weight excluding hydrogens is 425 g/mol. The van der Waals surface area contributed by atoms with Crippen molar-refractivity contribution in [2.24, 2.45) is 5.92 Å². The highest BCUT2D eigenvalue weighted by Gasteiger charge is 2.28. The number of aromatic nitrogens is 1. The largest absolute Gasteiger partial charge is 0.351 e. The number of alkyl halides is 3. The monoisotopic (exact) mass is 448 g/mol. The lowest BCUT2D eigenvalue weighted by Crippen LogP contribution is -2.30. The van der Waals surface area contributed by atoms with Gasteiger partial charge < -0.3 is 5.32 Å². The van der Waals surface area contributed by atoms with Crippen LogP contribution in [-0.2, 0) is 5.41 Å². The van der Waals surface area contributed by atoms with Gasteiger partial charge in [0.1, 0.15) is 0 Å². The molecular formula is C18H23F2IN2O.